The predicted octanol–water partition coefficient (Wildman–Crippen LogP) is 4.66. The minimum atomic E-state index is -4.79. The fourth-order valence-corrected chi connectivity index (χ4v) is 3.33. The van der Waals surface area contributed by atoms with Crippen molar-refractivity contribution < 1.29 is 27.1 Å². The molecule has 31 heavy (non-hydrogen) atoms. The van der Waals surface area contributed by atoms with Crippen molar-refractivity contribution in [2.24, 2.45) is 0 Å². The normalized spacial score (nSPS) is 16.4. The second-order valence-corrected chi connectivity index (χ2v) is 6.62. The third-order valence-corrected chi connectivity index (χ3v) is 4.70. The van der Waals surface area contributed by atoms with E-state index in [9.17, 15) is 17.6 Å². The van der Waals surface area contributed by atoms with E-state index in [0.29, 0.717) is 29.9 Å². The first-order valence-electron chi connectivity index (χ1n) is 9.24. The number of pyridine rings is 1. The van der Waals surface area contributed by atoms with Crippen LogP contribution in [-0.4, -0.2) is 28.7 Å². The Labute approximate surface area is 174 Å². The predicted molar refractivity (Wildman–Crippen MR) is 103 cm³/mol. The fraction of sp³-hybridized carbons (Fsp3) is 0.250. The number of nitrogens with zero attached hydrogens (tertiary/aromatic N) is 4. The standard InChI is InChI=1S/C20H17F4N5O2/c1-30-19-14(6-3-8-25-19)28-16-10-17(27-11-26-16)29-15(7-9-31-29)12-4-2-5-13(18(12)21)20(22,23)24/h2-6,8,10-11,15H,7,9H2,1H3,(H,26,27,28). The monoisotopic (exact) mass is 435 g/mol. The third-order valence-electron chi connectivity index (χ3n) is 4.70. The number of halogens is 4. The summed E-state index contributed by atoms with van der Waals surface area (Å²) in [5, 5.41) is 4.34. The number of alkyl halides is 3. The van der Waals surface area contributed by atoms with Crippen LogP contribution in [0.25, 0.3) is 0 Å². The Morgan fingerprint density at radius 3 is 2.77 bits per heavy atom. The van der Waals surface area contributed by atoms with Gasteiger partial charge in [-0.25, -0.2) is 24.4 Å². The molecule has 1 aliphatic heterocycles. The van der Waals surface area contributed by atoms with Crippen molar-refractivity contribution in [3.05, 3.63) is 65.9 Å². The van der Waals surface area contributed by atoms with Crippen LogP contribution < -0.4 is 15.1 Å². The minimum Gasteiger partial charge on any atom is -0.480 e. The molecule has 0 spiro atoms. The first-order valence-corrected chi connectivity index (χ1v) is 9.24. The first kappa shape index (κ1) is 20.8. The molecule has 1 aliphatic rings. The highest BCUT2D eigenvalue weighted by molar-refractivity contribution is 5.63. The zero-order chi connectivity index (χ0) is 22.0. The van der Waals surface area contributed by atoms with E-state index in [2.05, 4.69) is 20.3 Å². The van der Waals surface area contributed by atoms with Gasteiger partial charge in [0.05, 0.1) is 25.3 Å². The summed E-state index contributed by atoms with van der Waals surface area (Å²) >= 11 is 0. The Morgan fingerprint density at radius 1 is 1.16 bits per heavy atom. The lowest BCUT2D eigenvalue weighted by atomic mass is 10.0. The van der Waals surface area contributed by atoms with Gasteiger partial charge < -0.3 is 10.1 Å². The van der Waals surface area contributed by atoms with Gasteiger partial charge in [-0.2, -0.15) is 13.2 Å². The number of benzene rings is 1. The van der Waals surface area contributed by atoms with Gasteiger partial charge in [0.25, 0.3) is 0 Å². The van der Waals surface area contributed by atoms with E-state index < -0.39 is 23.6 Å². The number of anilines is 3. The van der Waals surface area contributed by atoms with Crippen LogP contribution in [0.1, 0.15) is 23.6 Å². The van der Waals surface area contributed by atoms with Crippen LogP contribution >= 0.6 is 0 Å². The Bertz CT molecular complexity index is 1080. The van der Waals surface area contributed by atoms with Crippen LogP contribution in [0.3, 0.4) is 0 Å². The van der Waals surface area contributed by atoms with E-state index in [0.717, 1.165) is 0 Å². The fourth-order valence-electron chi connectivity index (χ4n) is 3.33. The molecule has 7 nitrogen and oxygen atoms in total. The highest BCUT2D eigenvalue weighted by atomic mass is 19.4. The number of ether oxygens (including phenoxy) is 1. The molecule has 1 aromatic carbocycles. The molecule has 0 amide bonds. The van der Waals surface area contributed by atoms with Crippen LogP contribution in [0.5, 0.6) is 5.88 Å². The smallest absolute Gasteiger partial charge is 0.419 e. The molecule has 1 atom stereocenters. The summed E-state index contributed by atoms with van der Waals surface area (Å²) in [6.07, 6.45) is -1.66. The first-order chi connectivity index (χ1) is 14.9. The number of methoxy groups -OCH3 is 1. The Balaban J connectivity index is 1.64. The Hall–Kier alpha value is -3.47. The maximum absolute atomic E-state index is 14.7. The molecule has 11 heteroatoms. The molecule has 0 saturated carbocycles. The molecular formula is C20H17F4N5O2. The largest absolute Gasteiger partial charge is 0.480 e. The highest BCUT2D eigenvalue weighted by Gasteiger charge is 2.38. The quantitative estimate of drug-likeness (QED) is 0.584. The third kappa shape index (κ3) is 4.22. The highest BCUT2D eigenvalue weighted by Crippen LogP contribution is 2.39. The van der Waals surface area contributed by atoms with Crippen molar-refractivity contribution in [1.29, 1.82) is 0 Å². The van der Waals surface area contributed by atoms with E-state index in [1.54, 1.807) is 18.3 Å². The summed E-state index contributed by atoms with van der Waals surface area (Å²) in [5.41, 5.74) is -0.877. The summed E-state index contributed by atoms with van der Waals surface area (Å²) < 4.78 is 59.3. The van der Waals surface area contributed by atoms with Gasteiger partial charge in [0, 0.05) is 24.2 Å². The van der Waals surface area contributed by atoms with Crippen molar-refractivity contribution in [2.45, 2.75) is 18.6 Å². The van der Waals surface area contributed by atoms with Gasteiger partial charge in [-0.15, -0.1) is 0 Å². The van der Waals surface area contributed by atoms with E-state index in [-0.39, 0.29) is 18.0 Å². The molecule has 0 radical (unpaired) electrons. The maximum Gasteiger partial charge on any atom is 0.419 e. The van der Waals surface area contributed by atoms with Gasteiger partial charge in [-0.05, 0) is 18.2 Å². The lowest BCUT2D eigenvalue weighted by Gasteiger charge is -2.25. The van der Waals surface area contributed by atoms with Crippen LogP contribution in [-0.2, 0) is 11.0 Å². The zero-order valence-corrected chi connectivity index (χ0v) is 16.2. The summed E-state index contributed by atoms with van der Waals surface area (Å²) in [5.74, 6) is -0.332. The molecule has 4 rings (SSSR count). The van der Waals surface area contributed by atoms with Crippen LogP contribution in [0.2, 0.25) is 0 Å². The number of nitrogens with one attached hydrogen (secondary N) is 1. The van der Waals surface area contributed by atoms with Gasteiger partial charge in [0.2, 0.25) is 5.88 Å². The van der Waals surface area contributed by atoms with Gasteiger partial charge in [-0.3, -0.25) is 4.84 Å². The summed E-state index contributed by atoms with van der Waals surface area (Å²) in [6.45, 7) is 0.198. The van der Waals surface area contributed by atoms with Crippen molar-refractivity contribution in [2.75, 3.05) is 24.1 Å². The number of rotatable bonds is 5. The van der Waals surface area contributed by atoms with Gasteiger partial charge in [-0.1, -0.05) is 12.1 Å². The summed E-state index contributed by atoms with van der Waals surface area (Å²) in [4.78, 5) is 17.9. The average Bonchev–Trinajstić information content (AvgIpc) is 3.23. The van der Waals surface area contributed by atoms with Gasteiger partial charge >= 0.3 is 6.18 Å². The second-order valence-electron chi connectivity index (χ2n) is 6.62. The summed E-state index contributed by atoms with van der Waals surface area (Å²) in [6, 6.07) is 7.42. The lowest BCUT2D eigenvalue weighted by molar-refractivity contribution is -0.140. The van der Waals surface area contributed by atoms with E-state index >= 15 is 0 Å². The van der Waals surface area contributed by atoms with Crippen molar-refractivity contribution in [1.82, 2.24) is 15.0 Å². The number of hydrogen-bond acceptors (Lipinski definition) is 7. The molecular weight excluding hydrogens is 418 g/mol. The molecule has 162 valence electrons. The molecule has 1 fully saturated rings. The molecule has 3 heterocycles. The van der Waals surface area contributed by atoms with E-state index in [1.165, 1.54) is 36.7 Å². The second kappa shape index (κ2) is 8.34. The van der Waals surface area contributed by atoms with Gasteiger partial charge in [0.15, 0.2) is 5.82 Å². The van der Waals surface area contributed by atoms with E-state index in [1.807, 2.05) is 0 Å². The summed E-state index contributed by atoms with van der Waals surface area (Å²) in [7, 11) is 1.48. The van der Waals surface area contributed by atoms with Crippen molar-refractivity contribution in [3.63, 3.8) is 0 Å². The van der Waals surface area contributed by atoms with Crippen LogP contribution in [0.4, 0.5) is 34.9 Å². The molecule has 1 saturated heterocycles. The van der Waals surface area contributed by atoms with E-state index in [4.69, 9.17) is 9.57 Å². The van der Waals surface area contributed by atoms with Crippen LogP contribution in [0.15, 0.2) is 48.9 Å². The minimum absolute atomic E-state index is 0.116. The molecule has 2 aromatic heterocycles. The molecule has 3 aromatic rings. The van der Waals surface area contributed by atoms with Crippen molar-refractivity contribution in [3.8, 4) is 5.88 Å². The maximum atomic E-state index is 14.7. The molecule has 1 N–H and O–H groups in total. The topological polar surface area (TPSA) is 72.4 Å². The number of aromatic nitrogens is 3. The molecule has 0 aliphatic carbocycles. The zero-order valence-electron chi connectivity index (χ0n) is 16.2. The lowest BCUT2D eigenvalue weighted by Crippen LogP contribution is -2.24. The average molecular weight is 435 g/mol. The van der Waals surface area contributed by atoms with Crippen molar-refractivity contribution >= 4 is 17.3 Å². The van der Waals surface area contributed by atoms with Crippen LogP contribution in [0, 0.1) is 5.82 Å². The SMILES string of the molecule is COc1ncccc1Nc1cc(N2OCCC2c2cccc(C(F)(F)F)c2F)ncn1. The Kier molecular flexibility index (Phi) is 5.59. The molecule has 0 bridgehead atoms. The molecule has 1 unspecified atom stereocenters. The number of hydrogen-bond donors (Lipinski definition) is 1. The van der Waals surface area contributed by atoms with Gasteiger partial charge in [0.1, 0.15) is 23.6 Å². The Morgan fingerprint density at radius 2 is 2.00 bits per heavy atom. The number of hydroxylamine groups is 1.